The van der Waals surface area contributed by atoms with E-state index in [9.17, 15) is 13.6 Å². The smallest absolute Gasteiger partial charge is 0.255 e. The third-order valence-corrected chi connectivity index (χ3v) is 2.14. The van der Waals surface area contributed by atoms with Gasteiger partial charge in [-0.15, -0.1) is 0 Å². The first-order valence-electron chi connectivity index (χ1n) is 4.15. The van der Waals surface area contributed by atoms with Gasteiger partial charge in [-0.2, -0.15) is 0 Å². The lowest BCUT2D eigenvalue weighted by molar-refractivity contribution is 0.0620. The maximum atomic E-state index is 12.0. The molecule has 15 heavy (non-hydrogen) atoms. The number of alkyl halides is 2. The second kappa shape index (κ2) is 5.16. The Balaban J connectivity index is 2.76. The minimum absolute atomic E-state index is 0.285. The van der Waals surface area contributed by atoms with Gasteiger partial charge in [0.05, 0.1) is 12.1 Å². The van der Waals surface area contributed by atoms with E-state index in [1.54, 1.807) is 0 Å². The minimum atomic E-state index is -2.53. The Bertz CT molecular complexity index is 360. The van der Waals surface area contributed by atoms with E-state index in [2.05, 4.69) is 20.9 Å². The average molecular weight is 279 g/mol. The fraction of sp³-hybridized carbons (Fsp3) is 0.333. The van der Waals surface area contributed by atoms with Crippen molar-refractivity contribution >= 4 is 21.8 Å². The topological polar surface area (TPSA) is 33.2 Å². The number of pyridine rings is 1. The summed E-state index contributed by atoms with van der Waals surface area (Å²) in [5, 5.41) is 0. The van der Waals surface area contributed by atoms with Gasteiger partial charge in [-0.3, -0.25) is 9.78 Å². The average Bonchev–Trinajstić information content (AvgIpc) is 2.15. The molecule has 0 aliphatic carbocycles. The quantitative estimate of drug-likeness (QED) is 0.849. The standard InChI is InChI=1S/C9H9BrF2N2O/c1-14(5-8(11)12)9(15)6-2-7(10)4-13-3-6/h2-4,8H,5H2,1H3. The van der Waals surface area contributed by atoms with Crippen LogP contribution in [0.2, 0.25) is 0 Å². The molecule has 6 heteroatoms. The van der Waals surface area contributed by atoms with Crippen molar-refractivity contribution in [3.63, 3.8) is 0 Å². The summed E-state index contributed by atoms with van der Waals surface area (Å²) >= 11 is 3.15. The Hall–Kier alpha value is -1.04. The van der Waals surface area contributed by atoms with Gasteiger partial charge in [-0.25, -0.2) is 8.78 Å². The molecule has 0 fully saturated rings. The lowest BCUT2D eigenvalue weighted by atomic mass is 10.2. The van der Waals surface area contributed by atoms with Crippen LogP contribution in [-0.4, -0.2) is 35.8 Å². The van der Waals surface area contributed by atoms with E-state index >= 15 is 0 Å². The molecule has 0 bridgehead atoms. The summed E-state index contributed by atoms with van der Waals surface area (Å²) in [5.74, 6) is -0.468. The number of carbonyl (C=O) groups is 1. The number of hydrogen-bond donors (Lipinski definition) is 0. The molecule has 1 amide bonds. The monoisotopic (exact) mass is 278 g/mol. The molecule has 1 aromatic heterocycles. The molecular formula is C9H9BrF2N2O. The van der Waals surface area contributed by atoms with Crippen molar-refractivity contribution in [3.8, 4) is 0 Å². The fourth-order valence-corrected chi connectivity index (χ4v) is 1.40. The fourth-order valence-electron chi connectivity index (χ4n) is 1.04. The zero-order valence-electron chi connectivity index (χ0n) is 7.95. The molecule has 1 heterocycles. The summed E-state index contributed by atoms with van der Waals surface area (Å²) in [5.41, 5.74) is 0.285. The molecular weight excluding hydrogens is 270 g/mol. The summed E-state index contributed by atoms with van der Waals surface area (Å²) in [7, 11) is 1.33. The predicted octanol–water partition coefficient (Wildman–Crippen LogP) is 2.18. The maximum Gasteiger partial charge on any atom is 0.255 e. The molecule has 0 atom stereocenters. The first-order chi connectivity index (χ1) is 7.00. The lowest BCUT2D eigenvalue weighted by Gasteiger charge is -2.16. The van der Waals surface area contributed by atoms with Gasteiger partial charge in [-0.05, 0) is 22.0 Å². The first kappa shape index (κ1) is 12.0. The lowest BCUT2D eigenvalue weighted by Crippen LogP contribution is -2.31. The van der Waals surface area contributed by atoms with Crippen LogP contribution in [0.1, 0.15) is 10.4 Å². The minimum Gasteiger partial charge on any atom is -0.336 e. The molecule has 0 saturated heterocycles. The van der Waals surface area contributed by atoms with E-state index in [0.29, 0.717) is 4.47 Å². The van der Waals surface area contributed by atoms with Gasteiger partial charge in [0.25, 0.3) is 12.3 Å². The van der Waals surface area contributed by atoms with Crippen LogP contribution in [0, 0.1) is 0 Å². The van der Waals surface area contributed by atoms with Gasteiger partial charge in [0.15, 0.2) is 0 Å². The van der Waals surface area contributed by atoms with Crippen LogP contribution >= 0.6 is 15.9 Å². The molecule has 0 unspecified atom stereocenters. The Morgan fingerprint density at radius 1 is 1.60 bits per heavy atom. The van der Waals surface area contributed by atoms with Gasteiger partial charge in [0.1, 0.15) is 0 Å². The molecule has 1 aromatic rings. The molecule has 82 valence electrons. The van der Waals surface area contributed by atoms with Crippen LogP contribution in [0.5, 0.6) is 0 Å². The van der Waals surface area contributed by atoms with Crippen LogP contribution in [-0.2, 0) is 0 Å². The molecule has 0 saturated carbocycles. The highest BCUT2D eigenvalue weighted by Gasteiger charge is 2.15. The zero-order chi connectivity index (χ0) is 11.4. The van der Waals surface area contributed by atoms with Crippen LogP contribution in [0.25, 0.3) is 0 Å². The van der Waals surface area contributed by atoms with Crippen LogP contribution in [0.15, 0.2) is 22.9 Å². The Labute approximate surface area is 94.2 Å². The summed E-state index contributed by atoms with van der Waals surface area (Å²) in [6, 6.07) is 1.54. The number of carbonyl (C=O) groups excluding carboxylic acids is 1. The Kier molecular flexibility index (Phi) is 4.14. The normalized spacial score (nSPS) is 10.5. The van der Waals surface area contributed by atoms with E-state index in [-0.39, 0.29) is 5.56 Å². The zero-order valence-corrected chi connectivity index (χ0v) is 9.54. The summed E-state index contributed by atoms with van der Waals surface area (Å²) in [6.45, 7) is -0.578. The molecule has 0 aromatic carbocycles. The highest BCUT2D eigenvalue weighted by Crippen LogP contribution is 2.11. The summed E-state index contributed by atoms with van der Waals surface area (Å²) in [6.07, 6.45) is 0.331. The highest BCUT2D eigenvalue weighted by molar-refractivity contribution is 9.10. The van der Waals surface area contributed by atoms with Gasteiger partial charge >= 0.3 is 0 Å². The molecule has 0 N–H and O–H groups in total. The Morgan fingerprint density at radius 3 is 2.80 bits per heavy atom. The highest BCUT2D eigenvalue weighted by atomic mass is 79.9. The van der Waals surface area contributed by atoms with Gasteiger partial charge < -0.3 is 4.90 Å². The van der Waals surface area contributed by atoms with E-state index in [1.807, 2.05) is 0 Å². The van der Waals surface area contributed by atoms with Crippen LogP contribution in [0.4, 0.5) is 8.78 Å². The molecule has 0 aliphatic rings. The van der Waals surface area contributed by atoms with Crippen molar-refractivity contribution in [2.24, 2.45) is 0 Å². The second-order valence-electron chi connectivity index (χ2n) is 2.97. The summed E-state index contributed by atoms with van der Waals surface area (Å²) < 4.78 is 24.7. The first-order valence-corrected chi connectivity index (χ1v) is 4.94. The number of halogens is 3. The van der Waals surface area contributed by atoms with Crippen molar-refractivity contribution < 1.29 is 13.6 Å². The number of rotatable bonds is 3. The van der Waals surface area contributed by atoms with Crippen molar-refractivity contribution in [1.29, 1.82) is 0 Å². The number of hydrogen-bond acceptors (Lipinski definition) is 2. The van der Waals surface area contributed by atoms with E-state index in [0.717, 1.165) is 4.90 Å². The molecule has 3 nitrogen and oxygen atoms in total. The van der Waals surface area contributed by atoms with Crippen LogP contribution in [0.3, 0.4) is 0 Å². The summed E-state index contributed by atoms with van der Waals surface area (Å²) in [4.78, 5) is 16.3. The second-order valence-corrected chi connectivity index (χ2v) is 3.88. The maximum absolute atomic E-state index is 12.0. The number of aromatic nitrogens is 1. The van der Waals surface area contributed by atoms with Crippen molar-refractivity contribution in [2.45, 2.75) is 6.43 Å². The largest absolute Gasteiger partial charge is 0.336 e. The van der Waals surface area contributed by atoms with Crippen molar-refractivity contribution in [2.75, 3.05) is 13.6 Å². The van der Waals surface area contributed by atoms with Crippen LogP contribution < -0.4 is 0 Å². The number of nitrogens with zero attached hydrogens (tertiary/aromatic N) is 2. The van der Waals surface area contributed by atoms with Gasteiger partial charge in [-0.1, -0.05) is 0 Å². The van der Waals surface area contributed by atoms with Gasteiger partial charge in [0.2, 0.25) is 0 Å². The third kappa shape index (κ3) is 3.54. The molecule has 0 radical (unpaired) electrons. The Morgan fingerprint density at radius 2 is 2.27 bits per heavy atom. The van der Waals surface area contributed by atoms with E-state index in [1.165, 1.54) is 25.5 Å². The molecule has 0 spiro atoms. The van der Waals surface area contributed by atoms with Crippen molar-refractivity contribution in [1.82, 2.24) is 9.88 Å². The molecule has 0 aliphatic heterocycles. The van der Waals surface area contributed by atoms with E-state index < -0.39 is 18.9 Å². The molecule has 1 rings (SSSR count). The van der Waals surface area contributed by atoms with Crippen molar-refractivity contribution in [3.05, 3.63) is 28.5 Å². The predicted molar refractivity (Wildman–Crippen MR) is 54.9 cm³/mol. The number of amides is 1. The SMILES string of the molecule is CN(CC(F)F)C(=O)c1cncc(Br)c1. The van der Waals surface area contributed by atoms with Gasteiger partial charge in [0, 0.05) is 23.9 Å². The third-order valence-electron chi connectivity index (χ3n) is 1.71. The van der Waals surface area contributed by atoms with E-state index in [4.69, 9.17) is 0 Å².